The second kappa shape index (κ2) is 8.60. The van der Waals surface area contributed by atoms with Crippen LogP contribution in [0.4, 0.5) is 0 Å². The lowest BCUT2D eigenvalue weighted by Crippen LogP contribution is -2.34. The Morgan fingerprint density at radius 3 is 2.44 bits per heavy atom. The van der Waals surface area contributed by atoms with Crippen molar-refractivity contribution in [1.82, 2.24) is 10.7 Å². The van der Waals surface area contributed by atoms with Crippen molar-refractivity contribution in [2.45, 2.75) is 0 Å². The van der Waals surface area contributed by atoms with Crippen LogP contribution < -0.4 is 10.7 Å². The van der Waals surface area contributed by atoms with E-state index < -0.39 is 17.8 Å². The highest BCUT2D eigenvalue weighted by Gasteiger charge is 2.07. The number of hydrogen-bond donors (Lipinski definition) is 3. The van der Waals surface area contributed by atoms with Crippen molar-refractivity contribution in [3.05, 3.63) is 70.2 Å². The first-order valence-electron chi connectivity index (χ1n) is 7.15. The summed E-state index contributed by atoms with van der Waals surface area (Å²) >= 11 is 5.79. The maximum absolute atomic E-state index is 11.8. The molecule has 0 fully saturated rings. The summed E-state index contributed by atoms with van der Waals surface area (Å²) in [6.45, 7) is -0.249. The standard InChI is InChI=1S/C17H14ClN3O4/c18-14-3-1-2-13(8-14)16(23)19-10-15(22)21-20-9-11-4-6-12(7-5-11)17(24)25/h1-9H,10H2,(H,19,23)(H,21,22)(H,24,25). The Morgan fingerprint density at radius 1 is 1.08 bits per heavy atom. The van der Waals surface area contributed by atoms with Gasteiger partial charge in [0.05, 0.1) is 18.3 Å². The van der Waals surface area contributed by atoms with E-state index in [4.69, 9.17) is 16.7 Å². The van der Waals surface area contributed by atoms with Crippen LogP contribution in [0.5, 0.6) is 0 Å². The van der Waals surface area contributed by atoms with E-state index in [1.165, 1.54) is 24.4 Å². The van der Waals surface area contributed by atoms with Gasteiger partial charge in [0.2, 0.25) is 0 Å². The Labute approximate surface area is 148 Å². The molecule has 0 heterocycles. The lowest BCUT2D eigenvalue weighted by Gasteiger charge is -2.04. The van der Waals surface area contributed by atoms with Gasteiger partial charge in [0.15, 0.2) is 0 Å². The average molecular weight is 360 g/mol. The maximum atomic E-state index is 11.8. The number of halogens is 1. The predicted octanol–water partition coefficient (Wildman–Crippen LogP) is 1.92. The molecule has 3 N–H and O–H groups in total. The maximum Gasteiger partial charge on any atom is 0.335 e. The Balaban J connectivity index is 1.80. The average Bonchev–Trinajstić information content (AvgIpc) is 2.60. The number of carbonyl (C=O) groups is 3. The molecule has 0 aliphatic carbocycles. The number of carbonyl (C=O) groups excluding carboxylic acids is 2. The van der Waals surface area contributed by atoms with Gasteiger partial charge in [-0.1, -0.05) is 29.8 Å². The zero-order valence-electron chi connectivity index (χ0n) is 12.9. The van der Waals surface area contributed by atoms with Gasteiger partial charge in [-0.15, -0.1) is 0 Å². The molecular formula is C17H14ClN3O4. The van der Waals surface area contributed by atoms with Crippen molar-refractivity contribution < 1.29 is 19.5 Å². The van der Waals surface area contributed by atoms with E-state index in [0.29, 0.717) is 16.1 Å². The van der Waals surface area contributed by atoms with E-state index in [-0.39, 0.29) is 12.1 Å². The third-order valence-corrected chi connectivity index (χ3v) is 3.29. The van der Waals surface area contributed by atoms with Crippen molar-refractivity contribution in [3.8, 4) is 0 Å². The molecule has 0 atom stereocenters. The number of nitrogens with zero attached hydrogens (tertiary/aromatic N) is 1. The molecule has 2 amide bonds. The fourth-order valence-corrected chi connectivity index (χ4v) is 2.01. The van der Waals surface area contributed by atoms with Crippen LogP contribution >= 0.6 is 11.6 Å². The van der Waals surface area contributed by atoms with Crippen LogP contribution in [0, 0.1) is 0 Å². The van der Waals surface area contributed by atoms with Crippen LogP contribution in [0.25, 0.3) is 0 Å². The minimum Gasteiger partial charge on any atom is -0.478 e. The number of nitrogens with one attached hydrogen (secondary N) is 2. The van der Waals surface area contributed by atoms with Crippen LogP contribution in [-0.2, 0) is 4.79 Å². The monoisotopic (exact) mass is 359 g/mol. The largest absolute Gasteiger partial charge is 0.478 e. The van der Waals surface area contributed by atoms with Gasteiger partial charge >= 0.3 is 5.97 Å². The second-order valence-electron chi connectivity index (χ2n) is 4.91. The Hall–Kier alpha value is -3.19. The summed E-state index contributed by atoms with van der Waals surface area (Å²) in [5.41, 5.74) is 3.39. The fraction of sp³-hybridized carbons (Fsp3) is 0.0588. The molecule has 128 valence electrons. The first-order valence-corrected chi connectivity index (χ1v) is 7.52. The number of amides is 2. The summed E-state index contributed by atoms with van der Waals surface area (Å²) in [4.78, 5) is 34.2. The lowest BCUT2D eigenvalue weighted by molar-refractivity contribution is -0.120. The number of rotatable bonds is 6. The minimum atomic E-state index is -1.02. The lowest BCUT2D eigenvalue weighted by atomic mass is 10.1. The number of carboxylic acids is 1. The van der Waals surface area contributed by atoms with E-state index >= 15 is 0 Å². The predicted molar refractivity (Wildman–Crippen MR) is 92.9 cm³/mol. The zero-order valence-corrected chi connectivity index (χ0v) is 13.7. The van der Waals surface area contributed by atoms with Crippen LogP contribution in [0.2, 0.25) is 5.02 Å². The molecule has 2 aromatic carbocycles. The van der Waals surface area contributed by atoms with Crippen molar-refractivity contribution in [3.63, 3.8) is 0 Å². The van der Waals surface area contributed by atoms with Gasteiger partial charge in [0, 0.05) is 10.6 Å². The number of carboxylic acid groups (broad SMARTS) is 1. The third kappa shape index (κ3) is 5.74. The first-order chi connectivity index (χ1) is 12.0. The van der Waals surface area contributed by atoms with Crippen LogP contribution in [0.15, 0.2) is 53.6 Å². The molecule has 8 heteroatoms. The van der Waals surface area contributed by atoms with E-state index in [1.807, 2.05) is 0 Å². The summed E-state index contributed by atoms with van der Waals surface area (Å²) in [5.74, 6) is -1.95. The molecule has 0 spiro atoms. The van der Waals surface area contributed by atoms with Crippen LogP contribution in [0.3, 0.4) is 0 Å². The summed E-state index contributed by atoms with van der Waals surface area (Å²) in [7, 11) is 0. The van der Waals surface area contributed by atoms with Gasteiger partial charge in [-0.2, -0.15) is 5.10 Å². The topological polar surface area (TPSA) is 108 Å². The number of aromatic carboxylic acids is 1. The van der Waals surface area contributed by atoms with Crippen LogP contribution in [-0.4, -0.2) is 35.6 Å². The van der Waals surface area contributed by atoms with Gasteiger partial charge in [0.1, 0.15) is 0 Å². The Kier molecular flexibility index (Phi) is 6.25. The molecule has 0 unspecified atom stereocenters. The molecule has 0 radical (unpaired) electrons. The van der Waals surface area contributed by atoms with Gasteiger partial charge in [0.25, 0.3) is 11.8 Å². The molecule has 7 nitrogen and oxygen atoms in total. The SMILES string of the molecule is O=C(CNC(=O)c1cccc(Cl)c1)NN=Cc1ccc(C(=O)O)cc1. The Morgan fingerprint density at radius 2 is 1.80 bits per heavy atom. The van der Waals surface area contributed by atoms with Crippen molar-refractivity contribution in [2.24, 2.45) is 5.10 Å². The summed E-state index contributed by atoms with van der Waals surface area (Å²) < 4.78 is 0. The van der Waals surface area contributed by atoms with Crippen molar-refractivity contribution in [1.29, 1.82) is 0 Å². The number of hydrazone groups is 1. The van der Waals surface area contributed by atoms with Gasteiger partial charge in [-0.3, -0.25) is 9.59 Å². The molecular weight excluding hydrogens is 346 g/mol. The summed E-state index contributed by atoms with van der Waals surface area (Å²) in [5, 5.41) is 15.4. The van der Waals surface area contributed by atoms with E-state index in [0.717, 1.165) is 0 Å². The quantitative estimate of drug-likeness (QED) is 0.541. The highest BCUT2D eigenvalue weighted by molar-refractivity contribution is 6.31. The second-order valence-corrected chi connectivity index (χ2v) is 5.35. The molecule has 2 aromatic rings. The smallest absolute Gasteiger partial charge is 0.335 e. The summed E-state index contributed by atoms with van der Waals surface area (Å²) in [6.07, 6.45) is 1.36. The first kappa shape index (κ1) is 18.2. The van der Waals surface area contributed by atoms with Gasteiger partial charge in [-0.05, 0) is 35.9 Å². The molecule has 0 aliphatic rings. The fourth-order valence-electron chi connectivity index (χ4n) is 1.82. The third-order valence-electron chi connectivity index (χ3n) is 3.06. The molecule has 2 rings (SSSR count). The van der Waals surface area contributed by atoms with Crippen molar-refractivity contribution in [2.75, 3.05) is 6.54 Å². The van der Waals surface area contributed by atoms with Crippen molar-refractivity contribution >= 4 is 35.6 Å². The van der Waals surface area contributed by atoms with E-state index in [1.54, 1.807) is 30.3 Å². The highest BCUT2D eigenvalue weighted by Crippen LogP contribution is 2.10. The van der Waals surface area contributed by atoms with Gasteiger partial charge < -0.3 is 10.4 Å². The molecule has 0 saturated carbocycles. The van der Waals surface area contributed by atoms with Gasteiger partial charge in [-0.25, -0.2) is 10.2 Å². The molecule has 0 aliphatic heterocycles. The Bertz CT molecular complexity index is 819. The minimum absolute atomic E-state index is 0.157. The van der Waals surface area contributed by atoms with E-state index in [2.05, 4.69) is 15.8 Å². The molecule has 0 saturated heterocycles. The summed E-state index contributed by atoms with van der Waals surface area (Å²) in [6, 6.07) is 12.3. The zero-order chi connectivity index (χ0) is 18.2. The highest BCUT2D eigenvalue weighted by atomic mass is 35.5. The molecule has 25 heavy (non-hydrogen) atoms. The number of hydrogen-bond acceptors (Lipinski definition) is 4. The number of benzene rings is 2. The van der Waals surface area contributed by atoms with E-state index in [9.17, 15) is 14.4 Å². The van der Waals surface area contributed by atoms with Crippen LogP contribution in [0.1, 0.15) is 26.3 Å². The molecule has 0 bridgehead atoms. The molecule has 0 aromatic heterocycles. The normalized spacial score (nSPS) is 10.4.